The van der Waals surface area contributed by atoms with Crippen LogP contribution < -0.4 is 10.5 Å². The second-order valence-corrected chi connectivity index (χ2v) is 6.15. The van der Waals surface area contributed by atoms with Gasteiger partial charge in [-0.2, -0.15) is 5.26 Å². The predicted octanol–water partition coefficient (Wildman–Crippen LogP) is 2.73. The van der Waals surface area contributed by atoms with E-state index < -0.39 is 15.8 Å². The standard InChI is InChI=1S/C13H9ClFN3O2S/c14-10-3-2-9(15)6-12(10)18-21(19,20)13-4-1-8(7-16)5-11(13)17/h1-6,18H,17H2. The molecule has 2 aromatic carbocycles. The molecule has 0 aliphatic heterocycles. The summed E-state index contributed by atoms with van der Waals surface area (Å²) in [6.07, 6.45) is 0. The van der Waals surface area contributed by atoms with Gasteiger partial charge in [0.15, 0.2) is 0 Å². The number of halogens is 2. The van der Waals surface area contributed by atoms with Crippen molar-refractivity contribution in [3.05, 3.63) is 52.8 Å². The smallest absolute Gasteiger partial charge is 0.263 e. The van der Waals surface area contributed by atoms with Gasteiger partial charge in [0, 0.05) is 0 Å². The minimum atomic E-state index is -4.04. The first-order valence-electron chi connectivity index (χ1n) is 5.61. The molecular weight excluding hydrogens is 317 g/mol. The van der Waals surface area contributed by atoms with E-state index in [1.807, 2.05) is 6.07 Å². The van der Waals surface area contributed by atoms with Crippen molar-refractivity contribution in [1.29, 1.82) is 5.26 Å². The Morgan fingerprint density at radius 1 is 1.24 bits per heavy atom. The van der Waals surface area contributed by atoms with Crippen molar-refractivity contribution in [2.45, 2.75) is 4.90 Å². The van der Waals surface area contributed by atoms with Crippen LogP contribution in [0.3, 0.4) is 0 Å². The van der Waals surface area contributed by atoms with Gasteiger partial charge in [-0.05, 0) is 36.4 Å². The number of sulfonamides is 1. The number of nitrogens with zero attached hydrogens (tertiary/aromatic N) is 1. The molecule has 2 rings (SSSR count). The summed E-state index contributed by atoms with van der Waals surface area (Å²) < 4.78 is 39.8. The largest absolute Gasteiger partial charge is 0.398 e. The summed E-state index contributed by atoms with van der Waals surface area (Å²) in [5.41, 5.74) is 5.67. The van der Waals surface area contributed by atoms with Crippen molar-refractivity contribution >= 4 is 33.0 Å². The molecule has 0 aliphatic carbocycles. The van der Waals surface area contributed by atoms with Gasteiger partial charge in [-0.15, -0.1) is 0 Å². The number of nitrogens with one attached hydrogen (secondary N) is 1. The van der Waals surface area contributed by atoms with Gasteiger partial charge >= 0.3 is 0 Å². The molecule has 0 radical (unpaired) electrons. The zero-order chi connectivity index (χ0) is 15.6. The van der Waals surface area contributed by atoms with Gasteiger partial charge < -0.3 is 5.73 Å². The summed E-state index contributed by atoms with van der Waals surface area (Å²) >= 11 is 5.81. The SMILES string of the molecule is N#Cc1ccc(S(=O)(=O)Nc2cc(F)ccc2Cl)c(N)c1. The van der Waals surface area contributed by atoms with Crippen LogP contribution in [0.5, 0.6) is 0 Å². The summed E-state index contributed by atoms with van der Waals surface area (Å²) in [4.78, 5) is -0.221. The van der Waals surface area contributed by atoms with E-state index in [4.69, 9.17) is 22.6 Å². The van der Waals surface area contributed by atoms with Crippen molar-refractivity contribution in [2.24, 2.45) is 0 Å². The van der Waals surface area contributed by atoms with E-state index in [0.717, 1.165) is 12.1 Å². The van der Waals surface area contributed by atoms with Gasteiger partial charge in [0.1, 0.15) is 10.7 Å². The van der Waals surface area contributed by atoms with Gasteiger partial charge in [0.25, 0.3) is 10.0 Å². The Hall–Kier alpha value is -2.30. The fourth-order valence-electron chi connectivity index (χ4n) is 1.64. The van der Waals surface area contributed by atoms with Crippen LogP contribution in [0.1, 0.15) is 5.56 Å². The molecule has 21 heavy (non-hydrogen) atoms. The van der Waals surface area contributed by atoms with Crippen molar-refractivity contribution in [3.8, 4) is 6.07 Å². The van der Waals surface area contributed by atoms with Crippen LogP contribution in [-0.4, -0.2) is 8.42 Å². The van der Waals surface area contributed by atoms with Gasteiger partial charge in [0.2, 0.25) is 0 Å². The Labute approximate surface area is 125 Å². The van der Waals surface area contributed by atoms with Crippen LogP contribution >= 0.6 is 11.6 Å². The highest BCUT2D eigenvalue weighted by molar-refractivity contribution is 7.92. The van der Waals surface area contributed by atoms with Crippen molar-refractivity contribution in [2.75, 3.05) is 10.5 Å². The molecule has 0 unspecified atom stereocenters. The highest BCUT2D eigenvalue weighted by Gasteiger charge is 2.19. The van der Waals surface area contributed by atoms with Crippen LogP contribution in [-0.2, 0) is 10.0 Å². The average Bonchev–Trinajstić information content (AvgIpc) is 2.42. The van der Waals surface area contributed by atoms with E-state index in [-0.39, 0.29) is 26.9 Å². The Bertz CT molecular complexity index is 847. The fourth-order valence-corrected chi connectivity index (χ4v) is 3.04. The van der Waals surface area contributed by atoms with E-state index in [2.05, 4.69) is 4.72 Å². The van der Waals surface area contributed by atoms with E-state index in [1.165, 1.54) is 24.3 Å². The van der Waals surface area contributed by atoms with Crippen molar-refractivity contribution < 1.29 is 12.8 Å². The zero-order valence-corrected chi connectivity index (χ0v) is 12.0. The maximum absolute atomic E-state index is 13.1. The minimum absolute atomic E-state index is 0.0483. The number of hydrogen-bond donors (Lipinski definition) is 2. The minimum Gasteiger partial charge on any atom is -0.398 e. The molecule has 0 aromatic heterocycles. The summed E-state index contributed by atoms with van der Waals surface area (Å²) in [5, 5.41) is 8.78. The molecule has 0 atom stereocenters. The molecule has 3 N–H and O–H groups in total. The number of benzene rings is 2. The van der Waals surface area contributed by atoms with Crippen LogP contribution in [0.4, 0.5) is 15.8 Å². The highest BCUT2D eigenvalue weighted by atomic mass is 35.5. The molecule has 0 fully saturated rings. The molecule has 0 saturated heterocycles. The molecule has 5 nitrogen and oxygen atoms in total. The lowest BCUT2D eigenvalue weighted by molar-refractivity contribution is 0.601. The second kappa shape index (κ2) is 5.60. The summed E-state index contributed by atoms with van der Waals surface area (Å²) in [6, 6.07) is 8.90. The number of nitriles is 1. The maximum atomic E-state index is 13.1. The van der Waals surface area contributed by atoms with Gasteiger partial charge in [0.05, 0.1) is 28.0 Å². The second-order valence-electron chi connectivity index (χ2n) is 4.09. The lowest BCUT2D eigenvalue weighted by Gasteiger charge is -2.11. The zero-order valence-electron chi connectivity index (χ0n) is 10.5. The third-order valence-electron chi connectivity index (χ3n) is 2.60. The first kappa shape index (κ1) is 15.1. The summed E-state index contributed by atoms with van der Waals surface area (Å²) in [6.45, 7) is 0. The molecule has 0 saturated carbocycles. The molecule has 8 heteroatoms. The topological polar surface area (TPSA) is 96.0 Å². The number of nitrogen functional groups attached to an aromatic ring is 1. The summed E-state index contributed by atoms with van der Waals surface area (Å²) in [7, 11) is -4.04. The molecule has 0 bridgehead atoms. The third-order valence-corrected chi connectivity index (χ3v) is 4.37. The molecule has 0 spiro atoms. The first-order valence-corrected chi connectivity index (χ1v) is 7.47. The Morgan fingerprint density at radius 3 is 2.57 bits per heavy atom. The normalized spacial score (nSPS) is 10.9. The maximum Gasteiger partial charge on any atom is 0.263 e. The fraction of sp³-hybridized carbons (Fsp3) is 0. The van der Waals surface area contributed by atoms with Crippen LogP contribution in [0.2, 0.25) is 5.02 Å². The predicted molar refractivity (Wildman–Crippen MR) is 77.8 cm³/mol. The van der Waals surface area contributed by atoms with Gasteiger partial charge in [-0.3, -0.25) is 4.72 Å². The lowest BCUT2D eigenvalue weighted by atomic mass is 10.2. The molecule has 0 heterocycles. The molecule has 108 valence electrons. The van der Waals surface area contributed by atoms with Crippen LogP contribution in [0.25, 0.3) is 0 Å². The van der Waals surface area contributed by atoms with Crippen LogP contribution in [0.15, 0.2) is 41.3 Å². The lowest BCUT2D eigenvalue weighted by Crippen LogP contribution is -2.15. The summed E-state index contributed by atoms with van der Waals surface area (Å²) in [5.74, 6) is -0.634. The molecule has 0 aliphatic rings. The number of rotatable bonds is 3. The average molecular weight is 326 g/mol. The number of nitrogens with two attached hydrogens (primary N) is 1. The highest BCUT2D eigenvalue weighted by Crippen LogP contribution is 2.27. The van der Waals surface area contributed by atoms with E-state index in [0.29, 0.717) is 0 Å². The molecule has 0 amide bonds. The van der Waals surface area contributed by atoms with Gasteiger partial charge in [-0.25, -0.2) is 12.8 Å². The monoisotopic (exact) mass is 325 g/mol. The van der Waals surface area contributed by atoms with Gasteiger partial charge in [-0.1, -0.05) is 11.6 Å². The third kappa shape index (κ3) is 3.24. The van der Waals surface area contributed by atoms with Crippen molar-refractivity contribution in [1.82, 2.24) is 0 Å². The molecular formula is C13H9ClFN3O2S. The van der Waals surface area contributed by atoms with E-state index >= 15 is 0 Å². The quantitative estimate of drug-likeness (QED) is 0.848. The Kier molecular flexibility index (Phi) is 4.02. The van der Waals surface area contributed by atoms with Crippen molar-refractivity contribution in [3.63, 3.8) is 0 Å². The number of anilines is 2. The Morgan fingerprint density at radius 2 is 1.95 bits per heavy atom. The Balaban J connectivity index is 2.44. The van der Waals surface area contributed by atoms with E-state index in [1.54, 1.807) is 0 Å². The number of hydrogen-bond acceptors (Lipinski definition) is 4. The molecule has 2 aromatic rings. The first-order chi connectivity index (χ1) is 9.83. The van der Waals surface area contributed by atoms with Crippen LogP contribution in [0, 0.1) is 17.1 Å². The van der Waals surface area contributed by atoms with E-state index in [9.17, 15) is 12.8 Å².